The molecule has 0 aliphatic heterocycles. The van der Waals surface area contributed by atoms with Crippen LogP contribution in [0.5, 0.6) is 0 Å². The number of halogens is 1. The number of benzene rings is 1. The van der Waals surface area contributed by atoms with Crippen molar-refractivity contribution in [3.63, 3.8) is 0 Å². The smallest absolute Gasteiger partial charge is 0.194 e. The van der Waals surface area contributed by atoms with E-state index in [0.29, 0.717) is 19.9 Å². The zero-order valence-corrected chi connectivity index (χ0v) is 13.9. The van der Waals surface area contributed by atoms with Crippen LogP contribution >= 0.6 is 34.3 Å². The van der Waals surface area contributed by atoms with Crippen LogP contribution < -0.4 is 0 Å². The number of thiazole rings is 1. The highest BCUT2D eigenvalue weighted by Crippen LogP contribution is 2.30. The molecule has 2 heterocycles. The van der Waals surface area contributed by atoms with Crippen LogP contribution in [0, 0.1) is 0 Å². The lowest BCUT2D eigenvalue weighted by Gasteiger charge is -2.00. The molecular weight excluding hydrogens is 346 g/mol. The van der Waals surface area contributed by atoms with Crippen molar-refractivity contribution < 1.29 is 8.42 Å². The van der Waals surface area contributed by atoms with Gasteiger partial charge in [0.1, 0.15) is 15.0 Å². The summed E-state index contributed by atoms with van der Waals surface area (Å²) in [5, 5.41) is 4.76. The number of thiophene rings is 1. The highest BCUT2D eigenvalue weighted by atomic mass is 35.5. The van der Waals surface area contributed by atoms with Gasteiger partial charge in [0, 0.05) is 16.0 Å². The largest absolute Gasteiger partial charge is 0.240 e. The molecule has 0 aliphatic carbocycles. The number of hydrogen-bond acceptors (Lipinski definition) is 5. The minimum absolute atomic E-state index is 0.0807. The van der Waals surface area contributed by atoms with Crippen LogP contribution in [-0.2, 0) is 15.6 Å². The van der Waals surface area contributed by atoms with Gasteiger partial charge in [-0.3, -0.25) is 0 Å². The summed E-state index contributed by atoms with van der Waals surface area (Å²) in [4.78, 5) is 4.40. The van der Waals surface area contributed by atoms with Gasteiger partial charge in [0.25, 0.3) is 0 Å². The van der Waals surface area contributed by atoms with Crippen molar-refractivity contribution in [2.24, 2.45) is 0 Å². The van der Waals surface area contributed by atoms with Crippen LogP contribution in [-0.4, -0.2) is 13.4 Å². The van der Waals surface area contributed by atoms with E-state index in [0.717, 1.165) is 5.56 Å². The summed E-state index contributed by atoms with van der Waals surface area (Å²) in [6.07, 6.45) is 0. The normalized spacial score (nSPS) is 11.7. The van der Waals surface area contributed by atoms with Crippen molar-refractivity contribution in [3.8, 4) is 11.3 Å². The molecule has 7 heteroatoms. The summed E-state index contributed by atoms with van der Waals surface area (Å²) in [6, 6.07) is 10.7. The van der Waals surface area contributed by atoms with Crippen molar-refractivity contribution in [1.29, 1.82) is 0 Å². The Morgan fingerprint density at radius 2 is 1.90 bits per heavy atom. The second-order valence-corrected chi connectivity index (χ2v) is 8.81. The fraction of sp³-hybridized carbons (Fsp3) is 0.0714. The van der Waals surface area contributed by atoms with E-state index in [4.69, 9.17) is 11.6 Å². The Hall–Kier alpha value is -1.21. The van der Waals surface area contributed by atoms with Gasteiger partial charge in [-0.05, 0) is 17.5 Å². The molecule has 0 fully saturated rings. The maximum absolute atomic E-state index is 12.2. The topological polar surface area (TPSA) is 47.0 Å². The predicted octanol–water partition coefficient (Wildman–Crippen LogP) is 4.50. The van der Waals surface area contributed by atoms with Crippen LogP contribution in [0.3, 0.4) is 0 Å². The van der Waals surface area contributed by atoms with Crippen molar-refractivity contribution in [3.05, 3.63) is 57.2 Å². The Balaban J connectivity index is 1.88. The number of nitrogens with zero attached hydrogens (tertiary/aromatic N) is 1. The van der Waals surface area contributed by atoms with Crippen molar-refractivity contribution in [2.45, 2.75) is 9.96 Å². The van der Waals surface area contributed by atoms with Gasteiger partial charge in [-0.1, -0.05) is 35.9 Å². The fourth-order valence-electron chi connectivity index (χ4n) is 1.84. The van der Waals surface area contributed by atoms with Crippen LogP contribution in [0.1, 0.15) is 5.01 Å². The van der Waals surface area contributed by atoms with Crippen LogP contribution in [0.4, 0.5) is 0 Å². The van der Waals surface area contributed by atoms with Gasteiger partial charge >= 0.3 is 0 Å². The fourth-order valence-corrected chi connectivity index (χ4v) is 5.59. The summed E-state index contributed by atoms with van der Waals surface area (Å²) in [5.41, 5.74) is 1.53. The average Bonchev–Trinajstić information content (AvgIpc) is 3.10. The van der Waals surface area contributed by atoms with Crippen molar-refractivity contribution >= 4 is 44.1 Å². The van der Waals surface area contributed by atoms with Gasteiger partial charge in [-0.15, -0.1) is 22.7 Å². The lowest BCUT2D eigenvalue weighted by molar-refractivity contribution is 0.597. The maximum atomic E-state index is 12.2. The Morgan fingerprint density at radius 1 is 1.10 bits per heavy atom. The third kappa shape index (κ3) is 3.18. The van der Waals surface area contributed by atoms with Gasteiger partial charge in [0.15, 0.2) is 9.84 Å². The van der Waals surface area contributed by atoms with Crippen LogP contribution in [0.25, 0.3) is 11.3 Å². The molecule has 3 nitrogen and oxygen atoms in total. The highest BCUT2D eigenvalue weighted by Gasteiger charge is 2.19. The van der Waals surface area contributed by atoms with Crippen LogP contribution in [0.15, 0.2) is 51.4 Å². The second-order valence-electron chi connectivity index (χ2n) is 4.30. The Bertz CT molecular complexity index is 854. The van der Waals surface area contributed by atoms with E-state index >= 15 is 0 Å². The van der Waals surface area contributed by atoms with Crippen molar-refractivity contribution in [1.82, 2.24) is 4.98 Å². The van der Waals surface area contributed by atoms with E-state index in [1.54, 1.807) is 23.6 Å². The maximum Gasteiger partial charge on any atom is 0.194 e. The van der Waals surface area contributed by atoms with Gasteiger partial charge in [0.2, 0.25) is 0 Å². The molecule has 3 aromatic rings. The first-order chi connectivity index (χ1) is 10.1. The zero-order valence-electron chi connectivity index (χ0n) is 10.7. The molecule has 0 N–H and O–H groups in total. The molecule has 0 spiro atoms. The molecule has 21 heavy (non-hydrogen) atoms. The monoisotopic (exact) mass is 355 g/mol. The Labute approximate surface area is 135 Å². The molecule has 3 rings (SSSR count). The molecule has 0 saturated carbocycles. The molecule has 0 amide bonds. The summed E-state index contributed by atoms with van der Waals surface area (Å²) in [6.45, 7) is 0. The van der Waals surface area contributed by atoms with E-state index in [9.17, 15) is 8.42 Å². The second kappa shape index (κ2) is 5.88. The SMILES string of the molecule is O=S(=O)(Cc1nc(-c2ccccc2Cl)cs1)c1cccs1. The lowest BCUT2D eigenvalue weighted by atomic mass is 10.2. The van der Waals surface area contributed by atoms with E-state index in [2.05, 4.69) is 4.98 Å². The Morgan fingerprint density at radius 3 is 2.62 bits per heavy atom. The molecule has 0 unspecified atom stereocenters. The first kappa shape index (κ1) is 14.7. The number of aromatic nitrogens is 1. The zero-order chi connectivity index (χ0) is 14.9. The molecule has 2 aromatic heterocycles. The molecule has 0 aliphatic rings. The lowest BCUT2D eigenvalue weighted by Crippen LogP contribution is -2.02. The van der Waals surface area contributed by atoms with E-state index in [-0.39, 0.29) is 5.75 Å². The molecule has 0 bridgehead atoms. The van der Waals surface area contributed by atoms with Gasteiger partial charge < -0.3 is 0 Å². The molecule has 0 atom stereocenters. The number of hydrogen-bond donors (Lipinski definition) is 0. The van der Waals surface area contributed by atoms with E-state index in [1.165, 1.54) is 22.7 Å². The summed E-state index contributed by atoms with van der Waals surface area (Å²) < 4.78 is 24.8. The van der Waals surface area contributed by atoms with Crippen molar-refractivity contribution in [2.75, 3.05) is 0 Å². The quantitative estimate of drug-likeness (QED) is 0.692. The average molecular weight is 356 g/mol. The molecule has 0 saturated heterocycles. The van der Waals surface area contributed by atoms with Gasteiger partial charge in [0.05, 0.1) is 5.69 Å². The van der Waals surface area contributed by atoms with E-state index in [1.807, 2.05) is 23.6 Å². The first-order valence-electron chi connectivity index (χ1n) is 6.02. The minimum atomic E-state index is -3.32. The standard InChI is InChI=1S/C14H10ClNO2S3/c15-11-5-2-1-4-10(11)12-8-20-13(16-12)9-21(17,18)14-6-3-7-19-14/h1-8H,9H2. The van der Waals surface area contributed by atoms with Crippen LogP contribution in [0.2, 0.25) is 5.02 Å². The minimum Gasteiger partial charge on any atom is -0.240 e. The predicted molar refractivity (Wildman–Crippen MR) is 87.8 cm³/mol. The molecule has 0 radical (unpaired) electrons. The van der Waals surface area contributed by atoms with Gasteiger partial charge in [-0.2, -0.15) is 0 Å². The number of sulfone groups is 1. The number of rotatable bonds is 4. The Kier molecular flexibility index (Phi) is 4.12. The third-order valence-electron chi connectivity index (χ3n) is 2.82. The summed E-state index contributed by atoms with van der Waals surface area (Å²) in [5.74, 6) is -0.0807. The summed E-state index contributed by atoms with van der Waals surface area (Å²) >= 11 is 8.69. The summed E-state index contributed by atoms with van der Waals surface area (Å²) in [7, 11) is -3.32. The van der Waals surface area contributed by atoms with E-state index < -0.39 is 9.84 Å². The first-order valence-corrected chi connectivity index (χ1v) is 9.81. The molecular formula is C14H10ClNO2S3. The molecule has 1 aromatic carbocycles. The third-order valence-corrected chi connectivity index (χ3v) is 7.29. The van der Waals surface area contributed by atoms with Gasteiger partial charge in [-0.25, -0.2) is 13.4 Å². The highest BCUT2D eigenvalue weighted by molar-refractivity contribution is 7.92. The molecule has 108 valence electrons.